The number of hydrogen-bond acceptors (Lipinski definition) is 7. The number of halogens is 1. The van der Waals surface area contributed by atoms with Crippen LogP contribution >= 0.6 is 0 Å². The topological polar surface area (TPSA) is 123 Å². The Morgan fingerprint density at radius 3 is 2.53 bits per heavy atom. The van der Waals surface area contributed by atoms with Crippen LogP contribution in [-0.4, -0.2) is 71.7 Å². The van der Waals surface area contributed by atoms with E-state index in [2.05, 4.69) is 0 Å². The first kappa shape index (κ1) is 27.4. The number of carbonyl (C=O) groups is 2. The lowest BCUT2D eigenvalue weighted by atomic mass is 9.84. The van der Waals surface area contributed by atoms with Crippen molar-refractivity contribution in [3.63, 3.8) is 0 Å². The Kier molecular flexibility index (Phi) is 7.64. The summed E-state index contributed by atoms with van der Waals surface area (Å²) in [6.45, 7) is 8.40. The van der Waals surface area contributed by atoms with Gasteiger partial charge in [-0.15, -0.1) is 0 Å². The lowest BCUT2D eigenvalue weighted by Crippen LogP contribution is -2.31. The molecule has 3 N–H and O–H groups in total. The van der Waals surface area contributed by atoms with Crippen LogP contribution in [0.25, 0.3) is 0 Å². The number of aliphatic hydroxyl groups excluding tert-OH is 1. The van der Waals surface area contributed by atoms with Gasteiger partial charge < -0.3 is 29.5 Å². The summed E-state index contributed by atoms with van der Waals surface area (Å²) < 4.78 is 25.9. The Bertz CT molecular complexity index is 1270. The van der Waals surface area contributed by atoms with Crippen molar-refractivity contribution in [2.75, 3.05) is 37.7 Å². The molecule has 204 valence electrons. The van der Waals surface area contributed by atoms with Crippen LogP contribution in [0.2, 0.25) is 0 Å². The second kappa shape index (κ2) is 10.6. The molecule has 0 amide bonds. The van der Waals surface area contributed by atoms with E-state index in [9.17, 15) is 24.2 Å². The molecule has 1 atom stereocenters. The third-order valence-corrected chi connectivity index (χ3v) is 6.75. The van der Waals surface area contributed by atoms with Gasteiger partial charge >= 0.3 is 5.97 Å². The molecular formula is C28H34FN3O6. The van der Waals surface area contributed by atoms with Crippen LogP contribution in [0.3, 0.4) is 0 Å². The van der Waals surface area contributed by atoms with E-state index in [-0.39, 0.29) is 30.3 Å². The van der Waals surface area contributed by atoms with E-state index in [0.29, 0.717) is 60.0 Å². The van der Waals surface area contributed by atoms with Crippen molar-refractivity contribution in [3.05, 3.63) is 52.3 Å². The van der Waals surface area contributed by atoms with Crippen LogP contribution < -0.4 is 14.4 Å². The van der Waals surface area contributed by atoms with Crippen molar-refractivity contribution in [2.24, 2.45) is 0 Å². The van der Waals surface area contributed by atoms with Gasteiger partial charge in [-0.25, -0.2) is 9.18 Å². The Balaban J connectivity index is 1.68. The molecular weight excluding hydrogens is 493 g/mol. The van der Waals surface area contributed by atoms with Gasteiger partial charge in [-0.05, 0) is 42.5 Å². The molecule has 1 saturated heterocycles. The van der Waals surface area contributed by atoms with Crippen molar-refractivity contribution in [3.8, 4) is 11.5 Å². The zero-order chi connectivity index (χ0) is 27.8. The number of carbonyl (C=O) groups excluding carboxylic acids is 1. The van der Waals surface area contributed by atoms with Crippen molar-refractivity contribution in [1.29, 1.82) is 5.41 Å². The number of fused-ring (bicyclic) bond motifs is 1. The van der Waals surface area contributed by atoms with Gasteiger partial charge in [0.1, 0.15) is 23.2 Å². The Morgan fingerprint density at radius 2 is 1.92 bits per heavy atom. The second-order valence-electron chi connectivity index (χ2n) is 10.7. The lowest BCUT2D eigenvalue weighted by molar-refractivity contribution is -0.139. The minimum atomic E-state index is -1.12. The van der Waals surface area contributed by atoms with Crippen LogP contribution in [-0.2, 0) is 16.8 Å². The molecule has 0 saturated carbocycles. The van der Waals surface area contributed by atoms with Gasteiger partial charge in [-0.1, -0.05) is 20.8 Å². The summed E-state index contributed by atoms with van der Waals surface area (Å²) in [5, 5.41) is 27.9. The number of hydrogen-bond donors (Lipinski definition) is 3. The highest BCUT2D eigenvalue weighted by atomic mass is 19.1. The van der Waals surface area contributed by atoms with E-state index in [4.69, 9.17) is 14.9 Å². The number of aliphatic carboxylic acids is 1. The maximum absolute atomic E-state index is 14.8. The molecule has 2 aliphatic heterocycles. The molecule has 38 heavy (non-hydrogen) atoms. The average molecular weight is 528 g/mol. The number of nitrogens with zero attached hydrogens (tertiary/aromatic N) is 2. The largest absolute Gasteiger partial charge is 0.494 e. The van der Waals surface area contributed by atoms with Gasteiger partial charge in [-0.2, -0.15) is 0 Å². The van der Waals surface area contributed by atoms with E-state index < -0.39 is 29.9 Å². The first-order chi connectivity index (χ1) is 17.9. The summed E-state index contributed by atoms with van der Waals surface area (Å²) in [5.74, 6) is -1.26. The number of benzene rings is 2. The van der Waals surface area contributed by atoms with E-state index >= 15 is 0 Å². The highest BCUT2D eigenvalue weighted by molar-refractivity contribution is 6.06. The summed E-state index contributed by atoms with van der Waals surface area (Å²) in [5.41, 5.74) is 1.84. The molecule has 4 rings (SSSR count). The SMILES string of the molecule is CCOc1cc(F)c2c(c1)CN(CC(=O)c1cc(N3CCC(O)C3)c(OCC(=O)O)c(C(C)(C)C)c1)C2=N. The number of ketones is 1. The monoisotopic (exact) mass is 527 g/mol. The van der Waals surface area contributed by atoms with E-state index in [1.165, 1.54) is 11.0 Å². The first-order valence-corrected chi connectivity index (χ1v) is 12.7. The quantitative estimate of drug-likeness (QED) is 0.423. The van der Waals surface area contributed by atoms with Gasteiger partial charge in [0, 0.05) is 36.8 Å². The number of rotatable bonds is 9. The molecule has 2 aromatic carbocycles. The van der Waals surface area contributed by atoms with E-state index in [1.54, 1.807) is 25.1 Å². The number of nitrogens with one attached hydrogen (secondary N) is 1. The summed E-state index contributed by atoms with van der Waals surface area (Å²) in [4.78, 5) is 28.3. The normalized spacial score (nSPS) is 17.1. The van der Waals surface area contributed by atoms with Crippen LogP contribution in [0.5, 0.6) is 11.5 Å². The average Bonchev–Trinajstić information content (AvgIpc) is 3.39. The van der Waals surface area contributed by atoms with Crippen LogP contribution in [0.4, 0.5) is 10.1 Å². The minimum absolute atomic E-state index is 0.0609. The Labute approximate surface area is 221 Å². The Hall–Kier alpha value is -3.66. The van der Waals surface area contributed by atoms with Gasteiger partial charge in [-0.3, -0.25) is 10.2 Å². The molecule has 2 aliphatic rings. The standard InChI is InChI=1S/C28H34FN3O6/c1-5-37-19-8-17-12-32(27(30)25(17)21(29)11-19)14-23(34)16-9-20(28(2,3)4)26(38-15-24(35)36)22(10-16)31-7-6-18(33)13-31/h8-11,18,30,33H,5-7,12-15H2,1-4H3,(H,35,36). The molecule has 2 heterocycles. The minimum Gasteiger partial charge on any atom is -0.494 e. The van der Waals surface area contributed by atoms with Crippen molar-refractivity contribution >= 4 is 23.3 Å². The number of Topliss-reactive ketones (excluding diaryl/α,β-unsaturated/α-hetero) is 1. The number of ether oxygens (including phenoxy) is 2. The van der Waals surface area contributed by atoms with Crippen molar-refractivity contribution in [2.45, 2.75) is 52.2 Å². The number of anilines is 1. The zero-order valence-electron chi connectivity index (χ0n) is 22.1. The maximum Gasteiger partial charge on any atom is 0.341 e. The molecule has 1 unspecified atom stereocenters. The van der Waals surface area contributed by atoms with Gasteiger partial charge in [0.25, 0.3) is 0 Å². The van der Waals surface area contributed by atoms with Crippen LogP contribution in [0, 0.1) is 11.2 Å². The zero-order valence-corrected chi connectivity index (χ0v) is 22.1. The Morgan fingerprint density at radius 1 is 1.18 bits per heavy atom. The lowest BCUT2D eigenvalue weighted by Gasteiger charge is -2.29. The molecule has 0 spiro atoms. The van der Waals surface area contributed by atoms with Gasteiger partial charge in [0.05, 0.1) is 30.5 Å². The number of aliphatic hydroxyl groups is 1. The summed E-state index contributed by atoms with van der Waals surface area (Å²) in [6, 6.07) is 6.32. The number of carboxylic acids is 1. The molecule has 2 aromatic rings. The molecule has 9 nitrogen and oxygen atoms in total. The molecule has 0 aliphatic carbocycles. The third kappa shape index (κ3) is 5.60. The fourth-order valence-corrected chi connectivity index (χ4v) is 4.93. The van der Waals surface area contributed by atoms with Crippen LogP contribution in [0.1, 0.15) is 61.2 Å². The van der Waals surface area contributed by atoms with Crippen molar-refractivity contribution < 1.29 is 33.7 Å². The highest BCUT2D eigenvalue weighted by Gasteiger charge is 2.33. The number of carboxylic acid groups (broad SMARTS) is 1. The predicted molar refractivity (Wildman–Crippen MR) is 140 cm³/mol. The smallest absolute Gasteiger partial charge is 0.341 e. The van der Waals surface area contributed by atoms with E-state index in [1.807, 2.05) is 25.7 Å². The fraction of sp³-hybridized carbons (Fsp3) is 0.464. The first-order valence-electron chi connectivity index (χ1n) is 12.7. The van der Waals surface area contributed by atoms with E-state index in [0.717, 1.165) is 0 Å². The summed E-state index contributed by atoms with van der Waals surface area (Å²) in [7, 11) is 0. The molecule has 0 aromatic heterocycles. The number of β-amino-alcohol motifs (C(OH)–C–C–N with tert-alkyl or cyclic N) is 1. The molecule has 1 fully saturated rings. The van der Waals surface area contributed by atoms with Gasteiger partial charge in [0.15, 0.2) is 12.4 Å². The van der Waals surface area contributed by atoms with Gasteiger partial charge in [0.2, 0.25) is 0 Å². The highest BCUT2D eigenvalue weighted by Crippen LogP contribution is 2.42. The fourth-order valence-electron chi connectivity index (χ4n) is 4.93. The maximum atomic E-state index is 14.8. The van der Waals surface area contributed by atoms with Crippen molar-refractivity contribution in [1.82, 2.24) is 4.90 Å². The molecule has 10 heteroatoms. The predicted octanol–water partition coefficient (Wildman–Crippen LogP) is 3.58. The van der Waals surface area contributed by atoms with Crippen LogP contribution in [0.15, 0.2) is 24.3 Å². The molecule has 0 bridgehead atoms. The summed E-state index contributed by atoms with van der Waals surface area (Å²) in [6.07, 6.45) is -0.000273. The molecule has 0 radical (unpaired) electrons. The third-order valence-electron chi connectivity index (χ3n) is 6.75. The summed E-state index contributed by atoms with van der Waals surface area (Å²) >= 11 is 0. The number of amidine groups is 1. The second-order valence-corrected chi connectivity index (χ2v) is 10.7.